The number of aromatic nitrogens is 3. The molecule has 0 aliphatic carbocycles. The molecular weight excluding hydrogens is 362 g/mol. The number of amides is 1. The summed E-state index contributed by atoms with van der Waals surface area (Å²) in [5.74, 6) is 0.875. The van der Waals surface area contributed by atoms with E-state index >= 15 is 0 Å². The Labute approximate surface area is 169 Å². The van der Waals surface area contributed by atoms with Gasteiger partial charge in [0, 0.05) is 48.7 Å². The van der Waals surface area contributed by atoms with Crippen LogP contribution in [-0.4, -0.2) is 38.8 Å². The van der Waals surface area contributed by atoms with Gasteiger partial charge in [-0.05, 0) is 61.7 Å². The highest BCUT2D eigenvalue weighted by atomic mass is 16.2. The van der Waals surface area contributed by atoms with Crippen LogP contribution in [0.1, 0.15) is 46.2 Å². The molecule has 0 saturated carbocycles. The van der Waals surface area contributed by atoms with Crippen molar-refractivity contribution in [1.29, 1.82) is 5.26 Å². The fourth-order valence-corrected chi connectivity index (χ4v) is 3.81. The molecule has 1 saturated heterocycles. The van der Waals surface area contributed by atoms with Crippen LogP contribution in [0, 0.1) is 18.3 Å². The minimum absolute atomic E-state index is 0.00423. The smallest absolute Gasteiger partial charge is 0.253 e. The molecule has 1 aliphatic rings. The molecule has 1 unspecified atom stereocenters. The third kappa shape index (κ3) is 3.99. The third-order valence-corrected chi connectivity index (χ3v) is 5.29. The van der Waals surface area contributed by atoms with E-state index in [0.29, 0.717) is 17.7 Å². The van der Waals surface area contributed by atoms with Gasteiger partial charge in [-0.25, -0.2) is 9.97 Å². The van der Waals surface area contributed by atoms with E-state index in [1.807, 2.05) is 30.2 Å². The van der Waals surface area contributed by atoms with E-state index in [1.54, 1.807) is 36.7 Å². The summed E-state index contributed by atoms with van der Waals surface area (Å²) >= 11 is 0. The molecule has 1 amide bonds. The van der Waals surface area contributed by atoms with Gasteiger partial charge in [-0.3, -0.25) is 9.78 Å². The zero-order chi connectivity index (χ0) is 20.2. The van der Waals surface area contributed by atoms with Crippen LogP contribution in [0.3, 0.4) is 0 Å². The van der Waals surface area contributed by atoms with E-state index in [0.717, 1.165) is 42.0 Å². The van der Waals surface area contributed by atoms with Crippen LogP contribution in [0.25, 0.3) is 11.1 Å². The molecule has 2 aromatic heterocycles. The van der Waals surface area contributed by atoms with Crippen molar-refractivity contribution in [3.8, 4) is 17.2 Å². The van der Waals surface area contributed by atoms with Gasteiger partial charge in [0.25, 0.3) is 5.91 Å². The zero-order valence-electron chi connectivity index (χ0n) is 16.2. The number of carbonyl (C=O) groups excluding carboxylic acids is 1. The molecule has 3 heterocycles. The maximum atomic E-state index is 13.0. The minimum Gasteiger partial charge on any atom is -0.338 e. The first-order valence-electron chi connectivity index (χ1n) is 9.69. The Kier molecular flexibility index (Phi) is 5.30. The van der Waals surface area contributed by atoms with Gasteiger partial charge in [0.15, 0.2) is 0 Å². The molecular formula is C23H21N5O. The molecule has 0 N–H and O–H groups in total. The second-order valence-corrected chi connectivity index (χ2v) is 7.23. The van der Waals surface area contributed by atoms with E-state index in [-0.39, 0.29) is 11.8 Å². The fraction of sp³-hybridized carbons (Fsp3) is 0.261. The van der Waals surface area contributed by atoms with Crippen molar-refractivity contribution in [1.82, 2.24) is 19.9 Å². The lowest BCUT2D eigenvalue weighted by atomic mass is 9.89. The Morgan fingerprint density at radius 3 is 2.66 bits per heavy atom. The Hall–Kier alpha value is -3.59. The number of rotatable bonds is 3. The number of piperidine rings is 1. The van der Waals surface area contributed by atoms with E-state index in [9.17, 15) is 4.79 Å². The van der Waals surface area contributed by atoms with E-state index < -0.39 is 0 Å². The number of benzene rings is 1. The Bertz CT molecular complexity index is 1060. The van der Waals surface area contributed by atoms with Gasteiger partial charge in [0.05, 0.1) is 17.3 Å². The summed E-state index contributed by atoms with van der Waals surface area (Å²) in [5, 5.41) is 8.96. The van der Waals surface area contributed by atoms with Gasteiger partial charge in [-0.1, -0.05) is 0 Å². The monoisotopic (exact) mass is 383 g/mol. The number of likely N-dealkylation sites (tertiary alicyclic amines) is 1. The van der Waals surface area contributed by atoms with Crippen LogP contribution < -0.4 is 0 Å². The normalized spacial score (nSPS) is 16.3. The molecule has 0 radical (unpaired) electrons. The topological polar surface area (TPSA) is 82.8 Å². The van der Waals surface area contributed by atoms with Crippen molar-refractivity contribution in [2.75, 3.05) is 13.1 Å². The zero-order valence-corrected chi connectivity index (χ0v) is 16.2. The molecule has 144 valence electrons. The third-order valence-electron chi connectivity index (χ3n) is 5.29. The summed E-state index contributed by atoms with van der Waals surface area (Å²) in [7, 11) is 0. The summed E-state index contributed by atoms with van der Waals surface area (Å²) in [4.78, 5) is 28.1. The molecule has 4 rings (SSSR count). The fourth-order valence-electron chi connectivity index (χ4n) is 3.81. The van der Waals surface area contributed by atoms with Gasteiger partial charge in [-0.2, -0.15) is 5.26 Å². The summed E-state index contributed by atoms with van der Waals surface area (Å²) in [5.41, 5.74) is 4.18. The van der Waals surface area contributed by atoms with Crippen LogP contribution >= 0.6 is 0 Å². The molecule has 1 atom stereocenters. The van der Waals surface area contributed by atoms with E-state index in [4.69, 9.17) is 10.2 Å². The van der Waals surface area contributed by atoms with Gasteiger partial charge in [-0.15, -0.1) is 0 Å². The first kappa shape index (κ1) is 18.8. The summed E-state index contributed by atoms with van der Waals surface area (Å²) in [6.07, 6.45) is 7.30. The maximum absolute atomic E-state index is 13.0. The Morgan fingerprint density at radius 2 is 1.93 bits per heavy atom. The number of nitriles is 1. The van der Waals surface area contributed by atoms with Crippen LogP contribution in [0.5, 0.6) is 0 Å². The molecule has 6 heteroatoms. The largest absolute Gasteiger partial charge is 0.338 e. The lowest BCUT2D eigenvalue weighted by Crippen LogP contribution is -2.39. The second-order valence-electron chi connectivity index (χ2n) is 7.23. The van der Waals surface area contributed by atoms with Crippen molar-refractivity contribution in [3.05, 3.63) is 77.6 Å². The summed E-state index contributed by atoms with van der Waals surface area (Å²) in [6.45, 7) is 3.24. The molecule has 6 nitrogen and oxygen atoms in total. The van der Waals surface area contributed by atoms with Crippen LogP contribution in [0.2, 0.25) is 0 Å². The highest BCUT2D eigenvalue weighted by molar-refractivity contribution is 5.94. The van der Waals surface area contributed by atoms with Crippen molar-refractivity contribution >= 4 is 5.91 Å². The predicted octanol–water partition coefficient (Wildman–Crippen LogP) is 3.74. The molecule has 0 bridgehead atoms. The minimum atomic E-state index is -0.00423. The molecule has 1 fully saturated rings. The summed E-state index contributed by atoms with van der Waals surface area (Å²) < 4.78 is 0. The Morgan fingerprint density at radius 1 is 1.17 bits per heavy atom. The first-order valence-corrected chi connectivity index (χ1v) is 9.69. The van der Waals surface area contributed by atoms with Crippen molar-refractivity contribution in [2.45, 2.75) is 25.7 Å². The van der Waals surface area contributed by atoms with E-state index in [2.05, 4.69) is 16.0 Å². The van der Waals surface area contributed by atoms with Crippen LogP contribution in [0.4, 0.5) is 0 Å². The lowest BCUT2D eigenvalue weighted by molar-refractivity contribution is 0.0706. The van der Waals surface area contributed by atoms with Crippen LogP contribution in [0.15, 0.2) is 55.0 Å². The lowest BCUT2D eigenvalue weighted by Gasteiger charge is -2.33. The molecule has 0 spiro atoms. The molecule has 3 aromatic rings. The number of hydrogen-bond acceptors (Lipinski definition) is 5. The number of carbonyl (C=O) groups is 1. The number of nitrogens with zero attached hydrogens (tertiary/aromatic N) is 5. The average molecular weight is 383 g/mol. The first-order chi connectivity index (χ1) is 14.2. The predicted molar refractivity (Wildman–Crippen MR) is 109 cm³/mol. The second kappa shape index (κ2) is 8.19. The van der Waals surface area contributed by atoms with Gasteiger partial charge < -0.3 is 4.90 Å². The van der Waals surface area contributed by atoms with Crippen LogP contribution in [-0.2, 0) is 0 Å². The SMILES string of the molecule is Cc1ncc(-c2ccncc2)c(C2CCCN(C(=O)c3ccc(C#N)cc3)C2)n1. The highest BCUT2D eigenvalue weighted by Crippen LogP contribution is 2.33. The number of pyridine rings is 1. The molecule has 1 aliphatic heterocycles. The maximum Gasteiger partial charge on any atom is 0.253 e. The van der Waals surface area contributed by atoms with Crippen molar-refractivity contribution in [3.63, 3.8) is 0 Å². The standard InChI is InChI=1S/C23H21N5O/c1-16-26-14-21(18-8-10-25-11-9-18)22(27-16)20-3-2-12-28(15-20)23(29)19-6-4-17(13-24)5-7-19/h4-11,14,20H,2-3,12,15H2,1H3. The van der Waals surface area contributed by atoms with E-state index in [1.165, 1.54) is 0 Å². The van der Waals surface area contributed by atoms with Crippen molar-refractivity contribution in [2.24, 2.45) is 0 Å². The van der Waals surface area contributed by atoms with Gasteiger partial charge in [0.2, 0.25) is 0 Å². The number of hydrogen-bond donors (Lipinski definition) is 0. The molecule has 1 aromatic carbocycles. The van der Waals surface area contributed by atoms with Gasteiger partial charge in [0.1, 0.15) is 5.82 Å². The summed E-state index contributed by atoms with van der Waals surface area (Å²) in [6, 6.07) is 12.8. The molecule has 29 heavy (non-hydrogen) atoms. The Balaban J connectivity index is 1.61. The highest BCUT2D eigenvalue weighted by Gasteiger charge is 2.28. The van der Waals surface area contributed by atoms with Crippen molar-refractivity contribution < 1.29 is 4.79 Å². The van der Waals surface area contributed by atoms with Gasteiger partial charge >= 0.3 is 0 Å². The number of aryl methyl sites for hydroxylation is 1. The average Bonchev–Trinajstić information content (AvgIpc) is 2.79. The quantitative estimate of drug-likeness (QED) is 0.688.